The monoisotopic (exact) mass is 344 g/mol. The second kappa shape index (κ2) is 7.70. The Bertz CT molecular complexity index is 811. The summed E-state index contributed by atoms with van der Waals surface area (Å²) in [5.74, 6) is -1.23. The molecular weight excluding hydrogens is 328 g/mol. The van der Waals surface area contributed by atoms with E-state index in [1.165, 1.54) is 18.2 Å². The predicted octanol–water partition coefficient (Wildman–Crippen LogP) is 3.72. The Hall–Kier alpha value is -2.73. The van der Waals surface area contributed by atoms with Crippen LogP contribution < -0.4 is 4.74 Å². The molecule has 0 radical (unpaired) electrons. The van der Waals surface area contributed by atoms with E-state index >= 15 is 0 Å². The van der Waals surface area contributed by atoms with Gasteiger partial charge in [0.2, 0.25) is 0 Å². The molecule has 0 aromatic heterocycles. The summed E-state index contributed by atoms with van der Waals surface area (Å²) < 4.78 is 5.29. The predicted molar refractivity (Wildman–Crippen MR) is 93.2 cm³/mol. The SMILES string of the molecule is COc1cc(/C=C/C(=O)c2ccc(C(=O)O)cc2O)ccc1SC. The Labute approximate surface area is 143 Å². The number of carbonyl (C=O) groups is 2. The number of phenols is 1. The summed E-state index contributed by atoms with van der Waals surface area (Å²) in [5.41, 5.74) is 0.744. The van der Waals surface area contributed by atoms with E-state index in [1.807, 2.05) is 24.5 Å². The molecule has 2 aromatic rings. The van der Waals surface area contributed by atoms with Crippen LogP contribution in [0.3, 0.4) is 0 Å². The van der Waals surface area contributed by atoms with Crippen molar-refractivity contribution in [1.29, 1.82) is 0 Å². The van der Waals surface area contributed by atoms with Crippen molar-refractivity contribution in [2.24, 2.45) is 0 Å². The van der Waals surface area contributed by atoms with Crippen molar-refractivity contribution in [1.82, 2.24) is 0 Å². The second-order valence-corrected chi connectivity index (χ2v) is 5.70. The number of phenolic OH excluding ortho intramolecular Hbond substituents is 1. The highest BCUT2D eigenvalue weighted by atomic mass is 32.2. The summed E-state index contributed by atoms with van der Waals surface area (Å²) in [6, 6.07) is 9.18. The van der Waals surface area contributed by atoms with E-state index in [0.717, 1.165) is 16.5 Å². The maximum atomic E-state index is 12.2. The number of methoxy groups -OCH3 is 1. The van der Waals surface area contributed by atoms with Crippen LogP contribution in [-0.4, -0.2) is 35.3 Å². The maximum Gasteiger partial charge on any atom is 0.335 e. The molecule has 0 aliphatic carbocycles. The minimum absolute atomic E-state index is 0.0453. The van der Waals surface area contributed by atoms with E-state index in [0.29, 0.717) is 5.75 Å². The van der Waals surface area contributed by atoms with Crippen LogP contribution in [0.2, 0.25) is 0 Å². The number of hydrogen-bond acceptors (Lipinski definition) is 5. The van der Waals surface area contributed by atoms with Crippen LogP contribution in [0.25, 0.3) is 6.08 Å². The third-order valence-electron chi connectivity index (χ3n) is 3.34. The van der Waals surface area contributed by atoms with Gasteiger partial charge < -0.3 is 14.9 Å². The van der Waals surface area contributed by atoms with Gasteiger partial charge in [-0.3, -0.25) is 4.79 Å². The lowest BCUT2D eigenvalue weighted by atomic mass is 10.1. The molecule has 0 aliphatic heterocycles. The number of benzene rings is 2. The Morgan fingerprint density at radius 2 is 1.92 bits per heavy atom. The number of allylic oxidation sites excluding steroid dienone is 1. The quantitative estimate of drug-likeness (QED) is 0.472. The van der Waals surface area contributed by atoms with Gasteiger partial charge >= 0.3 is 5.97 Å². The highest BCUT2D eigenvalue weighted by Gasteiger charge is 2.12. The third kappa shape index (κ3) is 3.97. The molecule has 0 atom stereocenters. The van der Waals surface area contributed by atoms with E-state index in [9.17, 15) is 14.7 Å². The van der Waals surface area contributed by atoms with Crippen LogP contribution in [0, 0.1) is 0 Å². The van der Waals surface area contributed by atoms with Gasteiger partial charge in [0.1, 0.15) is 11.5 Å². The van der Waals surface area contributed by atoms with Crippen LogP contribution in [0.5, 0.6) is 11.5 Å². The van der Waals surface area contributed by atoms with Crippen molar-refractivity contribution in [3.63, 3.8) is 0 Å². The van der Waals surface area contributed by atoms with Crippen molar-refractivity contribution in [2.45, 2.75) is 4.90 Å². The molecular formula is C18H16O5S. The maximum absolute atomic E-state index is 12.2. The van der Waals surface area contributed by atoms with Crippen LogP contribution in [0.4, 0.5) is 0 Å². The van der Waals surface area contributed by atoms with Crippen LogP contribution >= 0.6 is 11.8 Å². The number of carbonyl (C=O) groups excluding carboxylic acids is 1. The summed E-state index contributed by atoms with van der Waals surface area (Å²) >= 11 is 1.56. The van der Waals surface area contributed by atoms with Gasteiger partial charge in [0.25, 0.3) is 0 Å². The summed E-state index contributed by atoms with van der Waals surface area (Å²) in [7, 11) is 1.58. The number of carboxylic acids is 1. The van der Waals surface area contributed by atoms with E-state index in [2.05, 4.69) is 0 Å². The first kappa shape index (κ1) is 17.6. The molecule has 0 unspecified atom stereocenters. The minimum Gasteiger partial charge on any atom is -0.507 e. The zero-order valence-electron chi connectivity index (χ0n) is 13.1. The van der Waals surface area contributed by atoms with Gasteiger partial charge in [0.15, 0.2) is 5.78 Å². The topological polar surface area (TPSA) is 83.8 Å². The van der Waals surface area contributed by atoms with Gasteiger partial charge in [0.05, 0.1) is 18.2 Å². The Balaban J connectivity index is 2.23. The zero-order valence-corrected chi connectivity index (χ0v) is 14.0. The fourth-order valence-electron chi connectivity index (χ4n) is 2.09. The molecule has 0 bridgehead atoms. The largest absolute Gasteiger partial charge is 0.507 e. The van der Waals surface area contributed by atoms with Gasteiger partial charge in [-0.25, -0.2) is 4.79 Å². The summed E-state index contributed by atoms with van der Waals surface area (Å²) in [6.07, 6.45) is 4.88. The van der Waals surface area contributed by atoms with Crippen LogP contribution in [0.15, 0.2) is 47.4 Å². The zero-order chi connectivity index (χ0) is 17.7. The summed E-state index contributed by atoms with van der Waals surface area (Å²) in [4.78, 5) is 24.0. The van der Waals surface area contributed by atoms with Gasteiger partial charge in [-0.05, 0) is 48.2 Å². The van der Waals surface area contributed by atoms with Crippen molar-refractivity contribution in [3.05, 3.63) is 59.2 Å². The van der Waals surface area contributed by atoms with Crippen molar-refractivity contribution in [3.8, 4) is 11.5 Å². The van der Waals surface area contributed by atoms with E-state index in [4.69, 9.17) is 9.84 Å². The van der Waals surface area contributed by atoms with Gasteiger partial charge in [-0.2, -0.15) is 0 Å². The van der Waals surface area contributed by atoms with Crippen molar-refractivity contribution in [2.75, 3.05) is 13.4 Å². The molecule has 0 heterocycles. The van der Waals surface area contributed by atoms with E-state index in [-0.39, 0.29) is 16.9 Å². The Kier molecular flexibility index (Phi) is 5.65. The second-order valence-electron chi connectivity index (χ2n) is 4.85. The number of thioether (sulfide) groups is 1. The molecule has 2 N–H and O–H groups in total. The first-order valence-electron chi connectivity index (χ1n) is 6.97. The molecule has 2 rings (SSSR count). The number of ketones is 1. The van der Waals surface area contributed by atoms with Crippen molar-refractivity contribution < 1.29 is 24.5 Å². The average Bonchev–Trinajstić information content (AvgIpc) is 2.59. The number of carboxylic acid groups (broad SMARTS) is 1. The molecule has 0 saturated heterocycles. The highest BCUT2D eigenvalue weighted by Crippen LogP contribution is 2.29. The molecule has 2 aromatic carbocycles. The molecule has 0 saturated carbocycles. The first-order valence-corrected chi connectivity index (χ1v) is 8.19. The average molecular weight is 344 g/mol. The van der Waals surface area contributed by atoms with E-state index in [1.54, 1.807) is 24.9 Å². The highest BCUT2D eigenvalue weighted by molar-refractivity contribution is 7.98. The standard InChI is InChI=1S/C18H16O5S/c1-23-16-9-11(4-8-17(16)24-2)3-7-14(19)13-6-5-12(18(21)22)10-15(13)20/h3-10,20H,1-2H3,(H,21,22)/b7-3+. The lowest BCUT2D eigenvalue weighted by Gasteiger charge is -2.06. The normalized spacial score (nSPS) is 10.8. The third-order valence-corrected chi connectivity index (χ3v) is 4.12. The Morgan fingerprint density at radius 1 is 1.17 bits per heavy atom. The number of rotatable bonds is 6. The number of hydrogen-bond donors (Lipinski definition) is 2. The number of aromatic hydroxyl groups is 1. The van der Waals surface area contributed by atoms with Gasteiger partial charge in [0, 0.05) is 4.90 Å². The number of ether oxygens (including phenoxy) is 1. The Morgan fingerprint density at radius 3 is 2.50 bits per heavy atom. The van der Waals surface area contributed by atoms with E-state index < -0.39 is 11.8 Å². The van der Waals surface area contributed by atoms with Crippen LogP contribution in [0.1, 0.15) is 26.3 Å². The summed E-state index contributed by atoms with van der Waals surface area (Å²) in [6.45, 7) is 0. The summed E-state index contributed by atoms with van der Waals surface area (Å²) in [5, 5.41) is 18.7. The molecule has 24 heavy (non-hydrogen) atoms. The number of aromatic carboxylic acids is 1. The molecule has 0 aliphatic rings. The minimum atomic E-state index is -1.17. The lowest BCUT2D eigenvalue weighted by Crippen LogP contribution is -2.00. The fraction of sp³-hybridized carbons (Fsp3) is 0.111. The lowest BCUT2D eigenvalue weighted by molar-refractivity contribution is 0.0696. The molecule has 0 amide bonds. The van der Waals surface area contributed by atoms with Crippen molar-refractivity contribution >= 4 is 29.6 Å². The molecule has 0 fully saturated rings. The van der Waals surface area contributed by atoms with Gasteiger partial charge in [-0.15, -0.1) is 11.8 Å². The molecule has 124 valence electrons. The fourth-order valence-corrected chi connectivity index (χ4v) is 2.64. The first-order chi connectivity index (χ1) is 11.5. The smallest absolute Gasteiger partial charge is 0.335 e. The molecule has 6 heteroatoms. The molecule has 0 spiro atoms. The van der Waals surface area contributed by atoms with Crippen LogP contribution in [-0.2, 0) is 0 Å². The van der Waals surface area contributed by atoms with Gasteiger partial charge in [-0.1, -0.05) is 12.1 Å². The molecule has 5 nitrogen and oxygen atoms in total.